The van der Waals surface area contributed by atoms with Crippen LogP contribution in [0.5, 0.6) is 11.5 Å². The summed E-state index contributed by atoms with van der Waals surface area (Å²) in [6, 6.07) is 13.2. The monoisotopic (exact) mass is 560 g/mol. The molecule has 190 valence electrons. The minimum atomic E-state index is -4.42. The molecule has 1 amide bonds. The minimum absolute atomic E-state index is 0.0412. The van der Waals surface area contributed by atoms with Gasteiger partial charge in [-0.2, -0.15) is 8.42 Å². The van der Waals surface area contributed by atoms with Gasteiger partial charge in [-0.1, -0.05) is 42.2 Å². The molecule has 1 aliphatic heterocycles. The maximum absolute atomic E-state index is 13.6. The van der Waals surface area contributed by atoms with Gasteiger partial charge in [0.2, 0.25) is 0 Å². The number of anilines is 1. The van der Waals surface area contributed by atoms with Crippen molar-refractivity contribution in [1.82, 2.24) is 0 Å². The number of methoxy groups -OCH3 is 1. The number of carbonyl (C=O) groups excluding carboxylic acids is 1. The molecule has 0 aromatic heterocycles. The normalized spacial score (nSPS) is 14.8. The number of nitrogens with zero attached hydrogens (tertiary/aromatic N) is 2. The van der Waals surface area contributed by atoms with E-state index >= 15 is 0 Å². The Labute approximate surface area is 220 Å². The Morgan fingerprint density at radius 1 is 1.11 bits per heavy atom. The molecule has 0 unspecified atom stereocenters. The highest BCUT2D eigenvalue weighted by Crippen LogP contribution is 2.38. The van der Waals surface area contributed by atoms with Crippen LogP contribution >= 0.6 is 24.0 Å². The maximum atomic E-state index is 13.6. The lowest BCUT2D eigenvalue weighted by molar-refractivity contribution is -0.385. The Hall–Kier alpha value is -3.81. The summed E-state index contributed by atoms with van der Waals surface area (Å²) in [7, 11) is -3.12. The molecule has 0 spiro atoms. The lowest BCUT2D eigenvalue weighted by atomic mass is 10.2. The van der Waals surface area contributed by atoms with Crippen LogP contribution in [0, 0.1) is 22.9 Å². The third kappa shape index (κ3) is 5.48. The number of thioether (sulfide) groups is 1. The Balaban J connectivity index is 1.61. The highest BCUT2D eigenvalue weighted by molar-refractivity contribution is 8.27. The Kier molecular flexibility index (Phi) is 7.30. The van der Waals surface area contributed by atoms with Gasteiger partial charge in [0.15, 0.2) is 15.8 Å². The van der Waals surface area contributed by atoms with Crippen LogP contribution in [-0.4, -0.2) is 30.7 Å². The molecule has 0 radical (unpaired) electrons. The number of hydrogen-bond acceptors (Lipinski definition) is 9. The number of amides is 1. The van der Waals surface area contributed by atoms with Gasteiger partial charge in [0.1, 0.15) is 10.7 Å². The number of rotatable bonds is 7. The number of nitro benzene ring substituents is 1. The van der Waals surface area contributed by atoms with Gasteiger partial charge in [-0.15, -0.1) is 0 Å². The van der Waals surface area contributed by atoms with Crippen molar-refractivity contribution in [3.05, 3.63) is 92.6 Å². The second kappa shape index (κ2) is 10.3. The van der Waals surface area contributed by atoms with Crippen LogP contribution in [0.2, 0.25) is 0 Å². The van der Waals surface area contributed by atoms with Crippen molar-refractivity contribution >= 4 is 61.8 Å². The van der Waals surface area contributed by atoms with Gasteiger partial charge >= 0.3 is 10.1 Å². The van der Waals surface area contributed by atoms with E-state index in [1.54, 1.807) is 6.07 Å². The predicted octanol–water partition coefficient (Wildman–Crippen LogP) is 5.22. The van der Waals surface area contributed by atoms with Gasteiger partial charge < -0.3 is 8.92 Å². The molecule has 1 aliphatic rings. The molecule has 0 N–H and O–H groups in total. The summed E-state index contributed by atoms with van der Waals surface area (Å²) in [5.41, 5.74) is 0.720. The van der Waals surface area contributed by atoms with Gasteiger partial charge in [-0.05, 0) is 55.0 Å². The van der Waals surface area contributed by atoms with Gasteiger partial charge in [0, 0.05) is 11.6 Å². The molecule has 0 saturated carbocycles. The smallest absolute Gasteiger partial charge is 0.339 e. The fourth-order valence-electron chi connectivity index (χ4n) is 3.41. The van der Waals surface area contributed by atoms with Crippen LogP contribution in [-0.2, 0) is 14.9 Å². The molecule has 1 heterocycles. The summed E-state index contributed by atoms with van der Waals surface area (Å²) in [6.07, 6.45) is 1.53. The van der Waals surface area contributed by atoms with E-state index in [4.69, 9.17) is 21.1 Å². The molecule has 4 rings (SSSR count). The fourth-order valence-corrected chi connectivity index (χ4v) is 5.67. The molecule has 3 aromatic carbocycles. The first kappa shape index (κ1) is 26.3. The molecule has 0 atom stereocenters. The summed E-state index contributed by atoms with van der Waals surface area (Å²) in [5.74, 6) is -1.07. The van der Waals surface area contributed by atoms with E-state index in [0.29, 0.717) is 16.8 Å². The van der Waals surface area contributed by atoms with Crippen molar-refractivity contribution in [1.29, 1.82) is 0 Å². The van der Waals surface area contributed by atoms with Crippen LogP contribution in [0.3, 0.4) is 0 Å². The number of nitro groups is 1. The van der Waals surface area contributed by atoms with Crippen molar-refractivity contribution in [3.8, 4) is 11.5 Å². The van der Waals surface area contributed by atoms with E-state index in [1.165, 1.54) is 73.5 Å². The highest BCUT2D eigenvalue weighted by Gasteiger charge is 2.33. The van der Waals surface area contributed by atoms with Crippen molar-refractivity contribution in [3.63, 3.8) is 0 Å². The number of halogens is 1. The third-order valence-electron chi connectivity index (χ3n) is 5.21. The van der Waals surface area contributed by atoms with E-state index in [1.807, 2.05) is 0 Å². The third-order valence-corrected chi connectivity index (χ3v) is 7.74. The zero-order valence-corrected chi connectivity index (χ0v) is 21.7. The van der Waals surface area contributed by atoms with Gasteiger partial charge in [0.05, 0.1) is 22.6 Å². The molecule has 37 heavy (non-hydrogen) atoms. The van der Waals surface area contributed by atoms with Gasteiger partial charge in [-0.3, -0.25) is 19.8 Å². The molecular weight excluding hydrogens is 543 g/mol. The second-order valence-corrected chi connectivity index (χ2v) is 10.9. The molecule has 13 heteroatoms. The zero-order valence-electron chi connectivity index (χ0n) is 19.2. The van der Waals surface area contributed by atoms with Crippen LogP contribution in [0.1, 0.15) is 11.1 Å². The molecular formula is C24H17FN2O7S3. The average Bonchev–Trinajstić information content (AvgIpc) is 3.12. The quantitative estimate of drug-likeness (QED) is 0.126. The van der Waals surface area contributed by atoms with E-state index in [-0.39, 0.29) is 26.4 Å². The van der Waals surface area contributed by atoms with E-state index in [0.717, 1.165) is 17.8 Å². The Bertz CT molecular complexity index is 1590. The molecule has 0 aliphatic carbocycles. The summed E-state index contributed by atoms with van der Waals surface area (Å²) < 4.78 is 49.9. The topological polar surface area (TPSA) is 116 Å². The molecule has 3 aromatic rings. The second-order valence-electron chi connectivity index (χ2n) is 7.65. The average molecular weight is 561 g/mol. The molecule has 9 nitrogen and oxygen atoms in total. The lowest BCUT2D eigenvalue weighted by Gasteiger charge is -2.14. The number of hydrogen-bond donors (Lipinski definition) is 0. The molecule has 1 fully saturated rings. The SMILES string of the molecule is COc1cc(/C=C2/SC(=S)N(c3cccc(F)c3)C2=O)ccc1OS(=O)(=O)c1ccc(C)c([N+](=O)[O-])c1. The van der Waals surface area contributed by atoms with Crippen molar-refractivity contribution < 1.29 is 31.4 Å². The van der Waals surface area contributed by atoms with Crippen LogP contribution in [0.25, 0.3) is 6.08 Å². The van der Waals surface area contributed by atoms with Crippen molar-refractivity contribution in [2.45, 2.75) is 11.8 Å². The van der Waals surface area contributed by atoms with E-state index < -0.39 is 31.7 Å². The number of carbonyl (C=O) groups is 1. The molecule has 1 saturated heterocycles. The van der Waals surface area contributed by atoms with E-state index in [9.17, 15) is 27.7 Å². The van der Waals surface area contributed by atoms with Crippen LogP contribution in [0.4, 0.5) is 15.8 Å². The standard InChI is InChI=1S/C24H17FN2O7S3/c1-14-6-8-18(13-19(14)27(29)30)37(31,32)34-20-9-7-15(10-21(20)33-2)11-22-23(28)26(24(35)36-22)17-5-3-4-16(25)12-17/h3-13H,1-2H3/b22-11+. The molecule has 0 bridgehead atoms. The van der Waals surface area contributed by atoms with Gasteiger partial charge in [-0.25, -0.2) is 4.39 Å². The predicted molar refractivity (Wildman–Crippen MR) is 141 cm³/mol. The minimum Gasteiger partial charge on any atom is -0.493 e. The first-order valence-electron chi connectivity index (χ1n) is 10.4. The Morgan fingerprint density at radius 2 is 1.86 bits per heavy atom. The number of benzene rings is 3. The summed E-state index contributed by atoms with van der Waals surface area (Å²) in [6.45, 7) is 1.49. The number of aryl methyl sites for hydroxylation is 1. The van der Waals surface area contributed by atoms with E-state index in [2.05, 4.69) is 0 Å². The largest absolute Gasteiger partial charge is 0.493 e. The zero-order chi connectivity index (χ0) is 26.9. The Morgan fingerprint density at radius 3 is 2.54 bits per heavy atom. The summed E-state index contributed by atoms with van der Waals surface area (Å²) in [4.78, 5) is 24.5. The summed E-state index contributed by atoms with van der Waals surface area (Å²) in [5, 5.41) is 11.2. The number of thiocarbonyl (C=S) groups is 1. The number of ether oxygens (including phenoxy) is 1. The fraction of sp³-hybridized carbons (Fsp3) is 0.0833. The van der Waals surface area contributed by atoms with Crippen molar-refractivity contribution in [2.75, 3.05) is 12.0 Å². The first-order valence-corrected chi connectivity index (χ1v) is 13.0. The summed E-state index contributed by atoms with van der Waals surface area (Å²) >= 11 is 6.33. The van der Waals surface area contributed by atoms with Gasteiger partial charge in [0.25, 0.3) is 11.6 Å². The van der Waals surface area contributed by atoms with Crippen LogP contribution in [0.15, 0.2) is 70.5 Å². The highest BCUT2D eigenvalue weighted by atomic mass is 32.2. The van der Waals surface area contributed by atoms with Crippen molar-refractivity contribution in [2.24, 2.45) is 0 Å². The van der Waals surface area contributed by atoms with Crippen LogP contribution < -0.4 is 13.8 Å². The maximum Gasteiger partial charge on any atom is 0.339 e. The lowest BCUT2D eigenvalue weighted by Crippen LogP contribution is -2.27. The first-order chi connectivity index (χ1) is 17.5.